The molecule has 2 saturated carbocycles. The molecule has 0 unspecified atom stereocenters. The standard InChI is InChI=1S/C25H32F2N6O2/c1-25(2,35)14-6-9-16(12-14)33-22-20(30-24(33)31-21-18(26)4-3-5-19(21)27)13-28-23(32-22)29-15-7-10-17(34)11-8-15/h3-5,13-17,34-35H,6-12H2,1-2H3,(H,30,31)(H,28,29,32)/t14-,15?,16+,17?/m0/s1. The van der Waals surface area contributed by atoms with E-state index in [0.29, 0.717) is 23.5 Å². The summed E-state index contributed by atoms with van der Waals surface area (Å²) in [5.41, 5.74) is -0.0170. The van der Waals surface area contributed by atoms with Crippen LogP contribution in [0.5, 0.6) is 0 Å². The first kappa shape index (κ1) is 23.9. The number of aliphatic hydroxyl groups is 2. The van der Waals surface area contributed by atoms with Crippen molar-refractivity contribution in [2.75, 3.05) is 10.6 Å². The predicted octanol–water partition coefficient (Wildman–Crippen LogP) is 4.68. The summed E-state index contributed by atoms with van der Waals surface area (Å²) in [5.74, 6) is -0.593. The van der Waals surface area contributed by atoms with Gasteiger partial charge in [-0.2, -0.15) is 4.98 Å². The maximum Gasteiger partial charge on any atom is 0.224 e. The molecule has 2 fully saturated rings. The summed E-state index contributed by atoms with van der Waals surface area (Å²) in [6.45, 7) is 3.62. The first-order chi connectivity index (χ1) is 16.7. The predicted molar refractivity (Wildman–Crippen MR) is 130 cm³/mol. The number of aromatic nitrogens is 4. The van der Waals surface area contributed by atoms with Gasteiger partial charge in [0.1, 0.15) is 22.8 Å². The minimum atomic E-state index is -0.830. The third kappa shape index (κ3) is 4.95. The van der Waals surface area contributed by atoms with E-state index >= 15 is 0 Å². The molecule has 1 aromatic carbocycles. The van der Waals surface area contributed by atoms with E-state index in [1.807, 2.05) is 18.4 Å². The second-order valence-corrected chi connectivity index (χ2v) is 10.4. The number of nitrogens with zero attached hydrogens (tertiary/aromatic N) is 4. The third-order valence-corrected chi connectivity index (χ3v) is 7.43. The van der Waals surface area contributed by atoms with Gasteiger partial charge in [-0.05, 0) is 76.8 Å². The molecule has 2 aromatic heterocycles. The summed E-state index contributed by atoms with van der Waals surface area (Å²) >= 11 is 0. The molecule has 0 amide bonds. The van der Waals surface area contributed by atoms with Gasteiger partial charge in [-0.25, -0.2) is 18.7 Å². The number of nitrogens with one attached hydrogen (secondary N) is 2. The van der Waals surface area contributed by atoms with Gasteiger partial charge < -0.3 is 20.8 Å². The lowest BCUT2D eigenvalue weighted by Gasteiger charge is -2.26. The zero-order chi connectivity index (χ0) is 24.7. The van der Waals surface area contributed by atoms with Gasteiger partial charge in [0.2, 0.25) is 11.9 Å². The average molecular weight is 487 g/mol. The Balaban J connectivity index is 1.52. The molecule has 0 spiro atoms. The molecule has 4 N–H and O–H groups in total. The van der Waals surface area contributed by atoms with E-state index in [0.717, 1.165) is 38.5 Å². The van der Waals surface area contributed by atoms with E-state index < -0.39 is 17.2 Å². The summed E-state index contributed by atoms with van der Waals surface area (Å²) in [7, 11) is 0. The van der Waals surface area contributed by atoms with Gasteiger partial charge in [0, 0.05) is 12.1 Å². The lowest BCUT2D eigenvalue weighted by atomic mass is 9.89. The fraction of sp³-hybridized carbons (Fsp3) is 0.560. The maximum atomic E-state index is 14.4. The Morgan fingerprint density at radius 3 is 2.40 bits per heavy atom. The van der Waals surface area contributed by atoms with Crippen LogP contribution >= 0.6 is 0 Å². The number of fused-ring (bicyclic) bond motifs is 1. The second-order valence-electron chi connectivity index (χ2n) is 10.4. The van der Waals surface area contributed by atoms with Crippen LogP contribution in [0.3, 0.4) is 0 Å². The maximum absolute atomic E-state index is 14.4. The molecule has 2 heterocycles. The van der Waals surface area contributed by atoms with Gasteiger partial charge in [-0.1, -0.05) is 6.07 Å². The normalized spacial score (nSPS) is 25.2. The number of hydrogen-bond acceptors (Lipinski definition) is 7. The van der Waals surface area contributed by atoms with Crippen LogP contribution in [0.25, 0.3) is 11.2 Å². The number of hydrogen-bond donors (Lipinski definition) is 4. The molecule has 2 aliphatic rings. The Hall–Kier alpha value is -2.85. The van der Waals surface area contributed by atoms with Gasteiger partial charge in [0.25, 0.3) is 0 Å². The van der Waals surface area contributed by atoms with Gasteiger partial charge in [0.05, 0.1) is 17.9 Å². The van der Waals surface area contributed by atoms with E-state index in [2.05, 4.69) is 20.6 Å². The number of aliphatic hydroxyl groups excluding tert-OH is 1. The molecule has 0 bridgehead atoms. The van der Waals surface area contributed by atoms with E-state index in [-0.39, 0.29) is 35.7 Å². The van der Waals surface area contributed by atoms with E-state index in [4.69, 9.17) is 4.98 Å². The summed E-state index contributed by atoms with van der Waals surface area (Å²) < 4.78 is 30.8. The fourth-order valence-corrected chi connectivity index (χ4v) is 5.36. The molecule has 5 rings (SSSR count). The Morgan fingerprint density at radius 1 is 1.03 bits per heavy atom. The van der Waals surface area contributed by atoms with Gasteiger partial charge in [0.15, 0.2) is 5.65 Å². The molecule has 2 atom stereocenters. The molecule has 0 saturated heterocycles. The van der Waals surface area contributed by atoms with Crippen LogP contribution < -0.4 is 10.6 Å². The van der Waals surface area contributed by atoms with Gasteiger partial charge in [-0.3, -0.25) is 4.57 Å². The fourth-order valence-electron chi connectivity index (χ4n) is 5.36. The molecule has 188 valence electrons. The topological polar surface area (TPSA) is 108 Å². The van der Waals surface area contributed by atoms with Crippen molar-refractivity contribution in [1.82, 2.24) is 19.5 Å². The van der Waals surface area contributed by atoms with Crippen molar-refractivity contribution in [3.63, 3.8) is 0 Å². The zero-order valence-corrected chi connectivity index (χ0v) is 20.0. The molecule has 0 radical (unpaired) electrons. The highest BCUT2D eigenvalue weighted by molar-refractivity contribution is 5.76. The quantitative estimate of drug-likeness (QED) is 0.401. The number of rotatable bonds is 6. The summed E-state index contributed by atoms with van der Waals surface area (Å²) in [6.07, 6.45) is 6.79. The highest BCUT2D eigenvalue weighted by Gasteiger charge is 2.37. The number of para-hydroxylation sites is 1. The molecule has 35 heavy (non-hydrogen) atoms. The monoisotopic (exact) mass is 486 g/mol. The smallest absolute Gasteiger partial charge is 0.224 e. The summed E-state index contributed by atoms with van der Waals surface area (Å²) in [4.78, 5) is 13.8. The van der Waals surface area contributed by atoms with Crippen LogP contribution in [0.4, 0.5) is 26.4 Å². The summed E-state index contributed by atoms with van der Waals surface area (Å²) in [6, 6.07) is 3.82. The molecule has 8 nitrogen and oxygen atoms in total. The number of imidazole rings is 1. The molecular formula is C25H32F2N6O2. The third-order valence-electron chi connectivity index (χ3n) is 7.43. The van der Waals surface area contributed by atoms with Crippen molar-refractivity contribution in [3.8, 4) is 0 Å². The van der Waals surface area contributed by atoms with Gasteiger partial charge >= 0.3 is 0 Å². The summed E-state index contributed by atoms with van der Waals surface area (Å²) in [5, 5.41) is 26.6. The average Bonchev–Trinajstić information content (AvgIpc) is 3.42. The van der Waals surface area contributed by atoms with Crippen LogP contribution in [0.1, 0.15) is 64.8 Å². The van der Waals surface area contributed by atoms with Crippen molar-refractivity contribution in [1.29, 1.82) is 0 Å². The van der Waals surface area contributed by atoms with Gasteiger partial charge in [-0.15, -0.1) is 0 Å². The number of halogens is 2. The lowest BCUT2D eigenvalue weighted by Crippen LogP contribution is -2.29. The minimum Gasteiger partial charge on any atom is -0.393 e. The van der Waals surface area contributed by atoms with Crippen LogP contribution in [0.15, 0.2) is 24.4 Å². The van der Waals surface area contributed by atoms with Crippen LogP contribution in [0, 0.1) is 17.6 Å². The van der Waals surface area contributed by atoms with Crippen molar-refractivity contribution >= 4 is 28.7 Å². The first-order valence-electron chi connectivity index (χ1n) is 12.3. The lowest BCUT2D eigenvalue weighted by molar-refractivity contribution is 0.0186. The molecule has 2 aliphatic carbocycles. The highest BCUT2D eigenvalue weighted by Crippen LogP contribution is 2.43. The Morgan fingerprint density at radius 2 is 1.74 bits per heavy atom. The zero-order valence-electron chi connectivity index (χ0n) is 20.0. The molecule has 3 aromatic rings. The van der Waals surface area contributed by atoms with Crippen molar-refractivity contribution in [3.05, 3.63) is 36.0 Å². The largest absolute Gasteiger partial charge is 0.393 e. The van der Waals surface area contributed by atoms with E-state index in [9.17, 15) is 19.0 Å². The van der Waals surface area contributed by atoms with Crippen molar-refractivity contribution in [2.45, 2.75) is 82.6 Å². The molecule has 10 heteroatoms. The molecular weight excluding hydrogens is 454 g/mol. The minimum absolute atomic E-state index is 0.0543. The highest BCUT2D eigenvalue weighted by atomic mass is 19.1. The second kappa shape index (κ2) is 9.31. The van der Waals surface area contributed by atoms with E-state index in [1.54, 1.807) is 6.20 Å². The van der Waals surface area contributed by atoms with Crippen molar-refractivity contribution in [2.24, 2.45) is 5.92 Å². The first-order valence-corrected chi connectivity index (χ1v) is 12.3. The van der Waals surface area contributed by atoms with Crippen LogP contribution in [0.2, 0.25) is 0 Å². The van der Waals surface area contributed by atoms with Crippen molar-refractivity contribution < 1.29 is 19.0 Å². The SMILES string of the molecule is CC(C)(O)[C@H]1CC[C@@H](n2c(Nc3c(F)cccc3F)nc3cnc(NC4CCC(O)CC4)nc32)C1. The van der Waals surface area contributed by atoms with Crippen LogP contribution in [-0.2, 0) is 0 Å². The Labute approximate surface area is 202 Å². The molecule has 0 aliphatic heterocycles. The Kier molecular flexibility index (Phi) is 6.35. The number of anilines is 3. The number of benzene rings is 1. The Bertz CT molecular complexity index is 1180. The van der Waals surface area contributed by atoms with Crippen LogP contribution in [-0.4, -0.2) is 47.5 Å². The van der Waals surface area contributed by atoms with E-state index in [1.165, 1.54) is 18.2 Å².